The summed E-state index contributed by atoms with van der Waals surface area (Å²) in [7, 11) is 0. The average molecular weight is 219 g/mol. The second kappa shape index (κ2) is 4.47. The van der Waals surface area contributed by atoms with Crippen molar-refractivity contribution in [1.29, 1.82) is 0 Å². The molecule has 1 aromatic rings. The summed E-state index contributed by atoms with van der Waals surface area (Å²) < 4.78 is 5.43. The van der Waals surface area contributed by atoms with Gasteiger partial charge in [0.05, 0.1) is 18.9 Å². The smallest absolute Gasteiger partial charge is 0.133 e. The molecule has 3 rings (SSSR count). The second-order valence-corrected chi connectivity index (χ2v) is 4.55. The Morgan fingerprint density at radius 1 is 1.44 bits per heavy atom. The fourth-order valence-corrected chi connectivity index (χ4v) is 2.41. The first-order chi connectivity index (χ1) is 7.93. The van der Waals surface area contributed by atoms with E-state index in [1.54, 1.807) is 0 Å². The van der Waals surface area contributed by atoms with Crippen LogP contribution in [-0.4, -0.2) is 29.7 Å². The summed E-state index contributed by atoms with van der Waals surface area (Å²) in [6.45, 7) is 3.61. The van der Waals surface area contributed by atoms with Gasteiger partial charge < -0.3 is 10.1 Å². The van der Waals surface area contributed by atoms with Gasteiger partial charge in [-0.05, 0) is 31.4 Å². The third-order valence-electron chi connectivity index (χ3n) is 3.39. The molecule has 16 heavy (non-hydrogen) atoms. The van der Waals surface area contributed by atoms with Gasteiger partial charge in [0, 0.05) is 18.7 Å². The maximum absolute atomic E-state index is 5.43. The highest BCUT2D eigenvalue weighted by molar-refractivity contribution is 5.20. The van der Waals surface area contributed by atoms with Gasteiger partial charge in [0.25, 0.3) is 0 Å². The first kappa shape index (κ1) is 10.2. The van der Waals surface area contributed by atoms with Crippen molar-refractivity contribution in [2.45, 2.75) is 31.8 Å². The van der Waals surface area contributed by atoms with E-state index in [0.717, 1.165) is 37.6 Å². The number of aromatic nitrogens is 2. The highest BCUT2D eigenvalue weighted by Gasteiger charge is 2.20. The molecule has 0 saturated carbocycles. The monoisotopic (exact) mass is 219 g/mol. The minimum Gasteiger partial charge on any atom is -0.375 e. The molecule has 1 N–H and O–H groups in total. The molecule has 1 fully saturated rings. The Labute approximate surface area is 95.4 Å². The Bertz CT molecular complexity index is 375. The molecule has 1 unspecified atom stereocenters. The van der Waals surface area contributed by atoms with Crippen molar-refractivity contribution in [2.24, 2.45) is 0 Å². The molecule has 1 saturated heterocycles. The van der Waals surface area contributed by atoms with Crippen molar-refractivity contribution in [3.8, 4) is 0 Å². The lowest BCUT2D eigenvalue weighted by molar-refractivity contribution is 0.107. The van der Waals surface area contributed by atoms with Crippen LogP contribution in [0.2, 0.25) is 0 Å². The number of piperidine rings is 1. The molecule has 0 amide bonds. The number of nitrogens with zero attached hydrogens (tertiary/aromatic N) is 2. The molecule has 1 aromatic heterocycles. The SMILES string of the molecule is c1nc(C2CCCNC2)nc2c1CCOC2. The van der Waals surface area contributed by atoms with Gasteiger partial charge in [0.1, 0.15) is 5.82 Å². The number of nitrogens with one attached hydrogen (secondary N) is 1. The number of hydrogen-bond acceptors (Lipinski definition) is 4. The van der Waals surface area contributed by atoms with Crippen molar-refractivity contribution in [2.75, 3.05) is 19.7 Å². The lowest BCUT2D eigenvalue weighted by atomic mass is 9.98. The maximum atomic E-state index is 5.43. The molecule has 2 aliphatic rings. The van der Waals surface area contributed by atoms with Gasteiger partial charge in [-0.2, -0.15) is 0 Å². The molecule has 0 aliphatic carbocycles. The third kappa shape index (κ3) is 1.95. The fourth-order valence-electron chi connectivity index (χ4n) is 2.41. The summed E-state index contributed by atoms with van der Waals surface area (Å²) in [5.41, 5.74) is 2.36. The van der Waals surface area contributed by atoms with E-state index in [1.807, 2.05) is 6.20 Å². The summed E-state index contributed by atoms with van der Waals surface area (Å²) in [5.74, 6) is 1.48. The molecule has 0 spiro atoms. The van der Waals surface area contributed by atoms with Crippen molar-refractivity contribution in [3.63, 3.8) is 0 Å². The van der Waals surface area contributed by atoms with Crippen LogP contribution in [0, 0.1) is 0 Å². The van der Waals surface area contributed by atoms with Gasteiger partial charge >= 0.3 is 0 Å². The molecule has 4 heteroatoms. The molecule has 0 bridgehead atoms. The zero-order valence-corrected chi connectivity index (χ0v) is 9.41. The van der Waals surface area contributed by atoms with Crippen LogP contribution in [0.25, 0.3) is 0 Å². The van der Waals surface area contributed by atoms with E-state index >= 15 is 0 Å². The van der Waals surface area contributed by atoms with Crippen LogP contribution in [0.4, 0.5) is 0 Å². The average Bonchev–Trinajstić information content (AvgIpc) is 2.39. The number of ether oxygens (including phenoxy) is 1. The second-order valence-electron chi connectivity index (χ2n) is 4.55. The standard InChI is InChI=1S/C12H17N3O/c1-2-10(6-13-4-1)12-14-7-9-3-5-16-8-11(9)15-12/h7,10,13H,1-6,8H2. The van der Waals surface area contributed by atoms with Crippen LogP contribution in [0.5, 0.6) is 0 Å². The summed E-state index contributed by atoms with van der Waals surface area (Å²) in [5, 5.41) is 3.40. The summed E-state index contributed by atoms with van der Waals surface area (Å²) in [4.78, 5) is 9.17. The van der Waals surface area contributed by atoms with Crippen molar-refractivity contribution in [1.82, 2.24) is 15.3 Å². The number of rotatable bonds is 1. The Morgan fingerprint density at radius 3 is 3.31 bits per heavy atom. The Morgan fingerprint density at radius 2 is 2.44 bits per heavy atom. The summed E-state index contributed by atoms with van der Waals surface area (Å²) in [6, 6.07) is 0. The van der Waals surface area contributed by atoms with Gasteiger partial charge in [0.15, 0.2) is 0 Å². The van der Waals surface area contributed by atoms with Crippen LogP contribution >= 0.6 is 0 Å². The lowest BCUT2D eigenvalue weighted by Crippen LogP contribution is -2.30. The van der Waals surface area contributed by atoms with Crippen LogP contribution in [0.3, 0.4) is 0 Å². The quantitative estimate of drug-likeness (QED) is 0.766. The molecule has 2 aliphatic heterocycles. The number of fused-ring (bicyclic) bond motifs is 1. The molecule has 3 heterocycles. The Hall–Kier alpha value is -1.00. The van der Waals surface area contributed by atoms with Crippen LogP contribution in [0.1, 0.15) is 35.8 Å². The summed E-state index contributed by atoms with van der Waals surface area (Å²) in [6.07, 6.45) is 5.38. The first-order valence-electron chi connectivity index (χ1n) is 6.06. The van der Waals surface area contributed by atoms with Crippen LogP contribution in [0.15, 0.2) is 6.20 Å². The molecule has 0 aromatic carbocycles. The van der Waals surface area contributed by atoms with Gasteiger partial charge in [-0.15, -0.1) is 0 Å². The molecule has 0 radical (unpaired) electrons. The maximum Gasteiger partial charge on any atom is 0.133 e. The first-order valence-corrected chi connectivity index (χ1v) is 6.06. The largest absolute Gasteiger partial charge is 0.375 e. The summed E-state index contributed by atoms with van der Waals surface area (Å²) >= 11 is 0. The predicted molar refractivity (Wildman–Crippen MR) is 60.2 cm³/mol. The zero-order chi connectivity index (χ0) is 10.8. The normalized spacial score (nSPS) is 25.1. The van der Waals surface area contributed by atoms with E-state index in [-0.39, 0.29) is 0 Å². The van der Waals surface area contributed by atoms with Crippen molar-refractivity contribution in [3.05, 3.63) is 23.3 Å². The van der Waals surface area contributed by atoms with Crippen LogP contribution < -0.4 is 5.32 Å². The van der Waals surface area contributed by atoms with E-state index in [2.05, 4.69) is 15.3 Å². The predicted octanol–water partition coefficient (Wildman–Crippen LogP) is 1.02. The van der Waals surface area contributed by atoms with Crippen molar-refractivity contribution < 1.29 is 4.74 Å². The molecular formula is C12H17N3O. The molecule has 1 atom stereocenters. The van der Waals surface area contributed by atoms with E-state index in [4.69, 9.17) is 4.74 Å². The van der Waals surface area contributed by atoms with E-state index in [9.17, 15) is 0 Å². The Balaban J connectivity index is 1.84. The minimum atomic E-state index is 0.487. The Kier molecular flexibility index (Phi) is 2.84. The zero-order valence-electron chi connectivity index (χ0n) is 9.41. The van der Waals surface area contributed by atoms with Gasteiger partial charge in [-0.25, -0.2) is 9.97 Å². The lowest BCUT2D eigenvalue weighted by Gasteiger charge is -2.23. The van der Waals surface area contributed by atoms with Crippen molar-refractivity contribution >= 4 is 0 Å². The van der Waals surface area contributed by atoms with Crippen LogP contribution in [-0.2, 0) is 17.8 Å². The minimum absolute atomic E-state index is 0.487. The number of hydrogen-bond donors (Lipinski definition) is 1. The third-order valence-corrected chi connectivity index (χ3v) is 3.39. The van der Waals surface area contributed by atoms with E-state index < -0.39 is 0 Å². The molecule has 4 nitrogen and oxygen atoms in total. The van der Waals surface area contributed by atoms with Gasteiger partial charge in [0.2, 0.25) is 0 Å². The highest BCUT2D eigenvalue weighted by atomic mass is 16.5. The van der Waals surface area contributed by atoms with Gasteiger partial charge in [-0.1, -0.05) is 0 Å². The fraction of sp³-hybridized carbons (Fsp3) is 0.667. The molecular weight excluding hydrogens is 202 g/mol. The highest BCUT2D eigenvalue weighted by Crippen LogP contribution is 2.22. The van der Waals surface area contributed by atoms with E-state index in [1.165, 1.54) is 18.4 Å². The van der Waals surface area contributed by atoms with E-state index in [0.29, 0.717) is 12.5 Å². The molecule has 86 valence electrons. The topological polar surface area (TPSA) is 47.0 Å². The van der Waals surface area contributed by atoms with Gasteiger partial charge in [-0.3, -0.25) is 0 Å².